The van der Waals surface area contributed by atoms with Crippen LogP contribution in [0.5, 0.6) is 5.75 Å². The molecule has 3 aromatic carbocycles. The molecular formula is C29H34N2O3. The quantitative estimate of drug-likeness (QED) is 0.447. The smallest absolute Gasteiger partial charge is 0.261 e. The zero-order valence-electron chi connectivity index (χ0n) is 20.3. The van der Waals surface area contributed by atoms with E-state index in [9.17, 15) is 9.59 Å². The lowest BCUT2D eigenvalue weighted by Gasteiger charge is -2.32. The van der Waals surface area contributed by atoms with Gasteiger partial charge in [-0.25, -0.2) is 0 Å². The van der Waals surface area contributed by atoms with Gasteiger partial charge in [-0.15, -0.1) is 0 Å². The van der Waals surface area contributed by atoms with Crippen LogP contribution >= 0.6 is 0 Å². The summed E-state index contributed by atoms with van der Waals surface area (Å²) in [5.41, 5.74) is 4.05. The van der Waals surface area contributed by atoms with E-state index >= 15 is 0 Å². The Bertz CT molecular complexity index is 1080. The molecule has 3 aromatic rings. The third-order valence-electron chi connectivity index (χ3n) is 5.87. The summed E-state index contributed by atoms with van der Waals surface area (Å²) in [6, 6.07) is 24.7. The van der Waals surface area contributed by atoms with Gasteiger partial charge in [0.2, 0.25) is 5.91 Å². The van der Waals surface area contributed by atoms with Crippen LogP contribution in [0.3, 0.4) is 0 Å². The number of nitrogens with one attached hydrogen (secondary N) is 1. The lowest BCUT2D eigenvalue weighted by Crippen LogP contribution is -2.51. The van der Waals surface area contributed by atoms with Crippen molar-refractivity contribution in [1.82, 2.24) is 10.2 Å². The van der Waals surface area contributed by atoms with E-state index in [-0.39, 0.29) is 18.4 Å². The molecule has 3 rings (SSSR count). The Morgan fingerprint density at radius 2 is 1.53 bits per heavy atom. The third kappa shape index (κ3) is 6.95. The molecule has 0 aromatic heterocycles. The molecular weight excluding hydrogens is 424 g/mol. The molecule has 0 spiro atoms. The second-order valence-corrected chi connectivity index (χ2v) is 8.50. The molecule has 1 unspecified atom stereocenters. The van der Waals surface area contributed by atoms with Crippen LogP contribution in [-0.2, 0) is 22.6 Å². The standard InChI is InChI=1S/C29H34N2O3/c1-4-18-30-29(33)26(19-24-14-6-5-7-15-24)31(20-25-16-10-8-12-22(25)2)28(32)21-34-27-17-11-9-13-23(27)3/h5-17,26H,4,18-21H2,1-3H3,(H,30,33). The van der Waals surface area contributed by atoms with Gasteiger partial charge in [-0.2, -0.15) is 0 Å². The maximum Gasteiger partial charge on any atom is 0.261 e. The molecule has 0 saturated carbocycles. The summed E-state index contributed by atoms with van der Waals surface area (Å²) in [7, 11) is 0. The first-order valence-electron chi connectivity index (χ1n) is 11.8. The Kier molecular flexibility index (Phi) is 9.27. The fourth-order valence-electron chi connectivity index (χ4n) is 3.83. The minimum absolute atomic E-state index is 0.136. The van der Waals surface area contributed by atoms with Gasteiger partial charge >= 0.3 is 0 Å². The number of para-hydroxylation sites is 1. The number of nitrogens with zero attached hydrogens (tertiary/aromatic N) is 1. The fraction of sp³-hybridized carbons (Fsp3) is 0.310. The lowest BCUT2D eigenvalue weighted by atomic mass is 10.0. The van der Waals surface area contributed by atoms with E-state index in [1.165, 1.54) is 0 Å². The van der Waals surface area contributed by atoms with Crippen molar-refractivity contribution in [2.75, 3.05) is 13.2 Å². The molecule has 2 amide bonds. The van der Waals surface area contributed by atoms with Crippen LogP contribution in [0, 0.1) is 13.8 Å². The van der Waals surface area contributed by atoms with Crippen LogP contribution in [-0.4, -0.2) is 35.9 Å². The second kappa shape index (κ2) is 12.6. The molecule has 0 radical (unpaired) electrons. The first kappa shape index (κ1) is 25.0. The number of carbonyl (C=O) groups excluding carboxylic acids is 2. The highest BCUT2D eigenvalue weighted by Crippen LogP contribution is 2.19. The van der Waals surface area contributed by atoms with E-state index < -0.39 is 6.04 Å². The Hall–Kier alpha value is -3.60. The molecule has 5 nitrogen and oxygen atoms in total. The highest BCUT2D eigenvalue weighted by Gasteiger charge is 2.30. The van der Waals surface area contributed by atoms with Crippen molar-refractivity contribution < 1.29 is 14.3 Å². The summed E-state index contributed by atoms with van der Waals surface area (Å²) in [5.74, 6) is 0.296. The SMILES string of the molecule is CCCNC(=O)C(Cc1ccccc1)N(Cc1ccccc1C)C(=O)COc1ccccc1C. The van der Waals surface area contributed by atoms with Crippen molar-refractivity contribution in [3.05, 3.63) is 101 Å². The van der Waals surface area contributed by atoms with Gasteiger partial charge in [-0.05, 0) is 48.6 Å². The molecule has 1 atom stereocenters. The Labute approximate surface area is 202 Å². The Balaban J connectivity index is 1.91. The maximum absolute atomic E-state index is 13.6. The van der Waals surface area contributed by atoms with E-state index in [2.05, 4.69) is 5.32 Å². The Morgan fingerprint density at radius 1 is 0.882 bits per heavy atom. The van der Waals surface area contributed by atoms with Crippen LogP contribution in [0.15, 0.2) is 78.9 Å². The zero-order chi connectivity index (χ0) is 24.3. The summed E-state index contributed by atoms with van der Waals surface area (Å²) in [4.78, 5) is 28.5. The van der Waals surface area contributed by atoms with Crippen LogP contribution < -0.4 is 10.1 Å². The first-order chi connectivity index (χ1) is 16.5. The zero-order valence-corrected chi connectivity index (χ0v) is 20.3. The molecule has 0 aliphatic carbocycles. The maximum atomic E-state index is 13.6. The normalized spacial score (nSPS) is 11.5. The molecule has 0 aliphatic heterocycles. The average Bonchev–Trinajstić information content (AvgIpc) is 2.85. The first-order valence-corrected chi connectivity index (χ1v) is 11.8. The van der Waals surface area contributed by atoms with Gasteiger partial charge in [0.1, 0.15) is 11.8 Å². The van der Waals surface area contributed by atoms with Gasteiger partial charge in [0, 0.05) is 19.5 Å². The Morgan fingerprint density at radius 3 is 2.21 bits per heavy atom. The average molecular weight is 459 g/mol. The number of hydrogen-bond donors (Lipinski definition) is 1. The second-order valence-electron chi connectivity index (χ2n) is 8.50. The van der Waals surface area contributed by atoms with Gasteiger partial charge in [0.25, 0.3) is 5.91 Å². The van der Waals surface area contributed by atoms with Crippen LogP contribution in [0.4, 0.5) is 0 Å². The predicted molar refractivity (Wildman–Crippen MR) is 136 cm³/mol. The van der Waals surface area contributed by atoms with Crippen LogP contribution in [0.25, 0.3) is 0 Å². The van der Waals surface area contributed by atoms with Gasteiger partial charge in [0.05, 0.1) is 0 Å². The van der Waals surface area contributed by atoms with E-state index in [1.807, 2.05) is 99.6 Å². The number of carbonyl (C=O) groups is 2. The number of benzene rings is 3. The van der Waals surface area contributed by atoms with Gasteiger partial charge < -0.3 is 15.0 Å². The molecule has 0 fully saturated rings. The van der Waals surface area contributed by atoms with Crippen molar-refractivity contribution in [3.63, 3.8) is 0 Å². The molecule has 34 heavy (non-hydrogen) atoms. The molecule has 0 aliphatic rings. The van der Waals surface area contributed by atoms with E-state index in [0.29, 0.717) is 25.3 Å². The predicted octanol–water partition coefficient (Wildman–Crippen LogP) is 4.85. The van der Waals surface area contributed by atoms with Crippen molar-refractivity contribution in [2.45, 2.75) is 46.2 Å². The summed E-state index contributed by atoms with van der Waals surface area (Å²) in [6.07, 6.45) is 1.25. The van der Waals surface area contributed by atoms with Crippen molar-refractivity contribution in [3.8, 4) is 5.75 Å². The minimum atomic E-state index is -0.651. The van der Waals surface area contributed by atoms with Crippen LogP contribution in [0.1, 0.15) is 35.6 Å². The monoisotopic (exact) mass is 458 g/mol. The number of rotatable bonds is 11. The summed E-state index contributed by atoms with van der Waals surface area (Å²) in [6.45, 7) is 6.74. The summed E-state index contributed by atoms with van der Waals surface area (Å²) < 4.78 is 5.89. The number of ether oxygens (including phenoxy) is 1. The van der Waals surface area contributed by atoms with Gasteiger partial charge in [-0.1, -0.05) is 79.7 Å². The number of hydrogen-bond acceptors (Lipinski definition) is 3. The van der Waals surface area contributed by atoms with Gasteiger partial charge in [0.15, 0.2) is 6.61 Å². The highest BCUT2D eigenvalue weighted by molar-refractivity contribution is 5.88. The molecule has 0 saturated heterocycles. The van der Waals surface area contributed by atoms with Crippen molar-refractivity contribution in [1.29, 1.82) is 0 Å². The topological polar surface area (TPSA) is 58.6 Å². The molecule has 0 heterocycles. The fourth-order valence-corrected chi connectivity index (χ4v) is 3.83. The number of aryl methyl sites for hydroxylation is 2. The van der Waals surface area contributed by atoms with Crippen LogP contribution in [0.2, 0.25) is 0 Å². The van der Waals surface area contributed by atoms with Crippen molar-refractivity contribution >= 4 is 11.8 Å². The summed E-state index contributed by atoms with van der Waals surface area (Å²) in [5, 5.41) is 3.00. The minimum Gasteiger partial charge on any atom is -0.484 e. The molecule has 5 heteroatoms. The van der Waals surface area contributed by atoms with E-state index in [4.69, 9.17) is 4.74 Å². The lowest BCUT2D eigenvalue weighted by molar-refractivity contribution is -0.142. The molecule has 178 valence electrons. The largest absolute Gasteiger partial charge is 0.484 e. The third-order valence-corrected chi connectivity index (χ3v) is 5.87. The van der Waals surface area contributed by atoms with Crippen molar-refractivity contribution in [2.24, 2.45) is 0 Å². The van der Waals surface area contributed by atoms with E-state index in [1.54, 1.807) is 4.90 Å². The van der Waals surface area contributed by atoms with Gasteiger partial charge in [-0.3, -0.25) is 9.59 Å². The molecule has 1 N–H and O–H groups in total. The van der Waals surface area contributed by atoms with E-state index in [0.717, 1.165) is 28.7 Å². The number of amides is 2. The molecule has 0 bridgehead atoms. The highest BCUT2D eigenvalue weighted by atomic mass is 16.5. The summed E-state index contributed by atoms with van der Waals surface area (Å²) >= 11 is 0.